The molecule has 0 heteroatoms. The van der Waals surface area contributed by atoms with Gasteiger partial charge in [0.2, 0.25) is 0 Å². The number of hydrogen-bond donors (Lipinski definition) is 0. The van der Waals surface area contributed by atoms with Crippen molar-refractivity contribution in [2.45, 2.75) is 45.4 Å². The fourth-order valence-electron chi connectivity index (χ4n) is 2.69. The quantitative estimate of drug-likeness (QED) is 0.465. The molecule has 2 aliphatic carbocycles. The Hall–Kier alpha value is 0. The van der Waals surface area contributed by atoms with Crippen molar-refractivity contribution in [2.24, 2.45) is 11.3 Å². The molecular formula is C9H16. The van der Waals surface area contributed by atoms with E-state index in [1.165, 1.54) is 19.3 Å². The van der Waals surface area contributed by atoms with Gasteiger partial charge in [-0.05, 0) is 30.6 Å². The highest BCUT2D eigenvalue weighted by Gasteiger charge is 2.44. The number of rotatable bonds is 0. The van der Waals surface area contributed by atoms with Crippen LogP contribution in [0.3, 0.4) is 0 Å². The molecule has 1 atom stereocenters. The summed E-state index contributed by atoms with van der Waals surface area (Å²) in [5, 5.41) is 0. The van der Waals surface area contributed by atoms with Crippen LogP contribution < -0.4 is 0 Å². The molecule has 0 unspecified atom stereocenters. The Morgan fingerprint density at radius 3 is 2.00 bits per heavy atom. The Labute approximate surface area is 57.6 Å². The van der Waals surface area contributed by atoms with Gasteiger partial charge in [0.1, 0.15) is 0 Å². The summed E-state index contributed by atoms with van der Waals surface area (Å²) in [7, 11) is 0. The summed E-state index contributed by atoms with van der Waals surface area (Å²) in [5.41, 5.74) is 0.875. The molecule has 0 aliphatic heterocycles. The van der Waals surface area contributed by atoms with Crippen LogP contribution in [0.2, 0.25) is 0 Å². The van der Waals surface area contributed by atoms with E-state index in [-0.39, 0.29) is 0 Å². The Kier molecular flexibility index (Phi) is 1.12. The summed E-state index contributed by atoms with van der Waals surface area (Å²) in [6, 6.07) is 0. The first-order valence-corrected chi connectivity index (χ1v) is 4.33. The Morgan fingerprint density at radius 1 is 1.11 bits per heavy atom. The molecule has 0 aromatic heterocycles. The highest BCUT2D eigenvalue weighted by Crippen LogP contribution is 2.56. The maximum Gasteiger partial charge on any atom is -0.0272 e. The van der Waals surface area contributed by atoms with E-state index in [1.807, 2.05) is 0 Å². The smallest absolute Gasteiger partial charge is 0.0272 e. The molecule has 2 saturated carbocycles. The van der Waals surface area contributed by atoms with Crippen LogP contribution in [0.25, 0.3) is 0 Å². The second kappa shape index (κ2) is 1.74. The molecular weight excluding hydrogens is 108 g/mol. The molecule has 0 aromatic rings. The maximum atomic E-state index is 2.45. The highest BCUT2D eigenvalue weighted by atomic mass is 14.5. The minimum absolute atomic E-state index is 0.875. The third-order valence-electron chi connectivity index (χ3n) is 3.71. The molecule has 2 fully saturated rings. The van der Waals surface area contributed by atoms with Gasteiger partial charge in [-0.2, -0.15) is 0 Å². The molecule has 0 saturated heterocycles. The SMILES string of the molecule is C[C@@H]1CCCC12CCC2. The van der Waals surface area contributed by atoms with Gasteiger partial charge in [0.25, 0.3) is 0 Å². The molecule has 0 bridgehead atoms. The Balaban J connectivity index is 2.09. The second-order valence-electron chi connectivity index (χ2n) is 4.01. The van der Waals surface area contributed by atoms with Crippen LogP contribution in [0.1, 0.15) is 45.4 Å². The summed E-state index contributed by atoms with van der Waals surface area (Å²) < 4.78 is 0. The van der Waals surface area contributed by atoms with Crippen LogP contribution in [-0.4, -0.2) is 0 Å². The predicted octanol–water partition coefficient (Wildman–Crippen LogP) is 2.98. The van der Waals surface area contributed by atoms with Gasteiger partial charge in [0.05, 0.1) is 0 Å². The van der Waals surface area contributed by atoms with E-state index in [9.17, 15) is 0 Å². The largest absolute Gasteiger partial charge is 0.0620 e. The van der Waals surface area contributed by atoms with Gasteiger partial charge < -0.3 is 0 Å². The third-order valence-corrected chi connectivity index (χ3v) is 3.71. The van der Waals surface area contributed by atoms with Crippen LogP contribution in [0.4, 0.5) is 0 Å². The van der Waals surface area contributed by atoms with E-state index >= 15 is 0 Å². The monoisotopic (exact) mass is 124 g/mol. The van der Waals surface area contributed by atoms with E-state index in [0.717, 1.165) is 11.3 Å². The fraction of sp³-hybridized carbons (Fsp3) is 1.00. The van der Waals surface area contributed by atoms with Crippen LogP contribution >= 0.6 is 0 Å². The first-order valence-electron chi connectivity index (χ1n) is 4.33. The van der Waals surface area contributed by atoms with Gasteiger partial charge >= 0.3 is 0 Å². The average Bonchev–Trinajstić information content (AvgIpc) is 2.07. The average molecular weight is 124 g/mol. The molecule has 2 aliphatic rings. The minimum atomic E-state index is 0.875. The Morgan fingerprint density at radius 2 is 1.78 bits per heavy atom. The van der Waals surface area contributed by atoms with Crippen LogP contribution in [-0.2, 0) is 0 Å². The summed E-state index contributed by atoms with van der Waals surface area (Å²) in [4.78, 5) is 0. The van der Waals surface area contributed by atoms with Gasteiger partial charge in [-0.3, -0.25) is 0 Å². The van der Waals surface area contributed by atoms with Gasteiger partial charge in [-0.25, -0.2) is 0 Å². The van der Waals surface area contributed by atoms with Crippen LogP contribution in [0, 0.1) is 11.3 Å². The van der Waals surface area contributed by atoms with Crippen molar-refractivity contribution >= 4 is 0 Å². The van der Waals surface area contributed by atoms with Gasteiger partial charge in [0, 0.05) is 0 Å². The van der Waals surface area contributed by atoms with Gasteiger partial charge in [-0.15, -0.1) is 0 Å². The summed E-state index contributed by atoms with van der Waals surface area (Å²) in [6.07, 6.45) is 9.20. The molecule has 0 radical (unpaired) electrons. The first kappa shape index (κ1) is 5.76. The zero-order valence-corrected chi connectivity index (χ0v) is 6.32. The predicted molar refractivity (Wildman–Crippen MR) is 39.3 cm³/mol. The summed E-state index contributed by atoms with van der Waals surface area (Å²) in [6.45, 7) is 2.45. The second-order valence-corrected chi connectivity index (χ2v) is 4.01. The van der Waals surface area contributed by atoms with Crippen molar-refractivity contribution in [1.29, 1.82) is 0 Å². The standard InChI is InChI=1S/C9H16/c1-8-4-2-5-9(8)6-3-7-9/h8H,2-7H2,1H3/t8-/m1/s1. The first-order chi connectivity index (χ1) is 4.33. The van der Waals surface area contributed by atoms with Crippen LogP contribution in [0.15, 0.2) is 0 Å². The van der Waals surface area contributed by atoms with Gasteiger partial charge in [0.15, 0.2) is 0 Å². The number of hydrogen-bond acceptors (Lipinski definition) is 0. The molecule has 0 N–H and O–H groups in total. The molecule has 0 aromatic carbocycles. The van der Waals surface area contributed by atoms with E-state index in [0.29, 0.717) is 0 Å². The lowest BCUT2D eigenvalue weighted by Crippen LogP contribution is -2.31. The third kappa shape index (κ3) is 0.653. The Bertz CT molecular complexity index is 111. The molecule has 1 spiro atoms. The van der Waals surface area contributed by atoms with Crippen molar-refractivity contribution in [2.75, 3.05) is 0 Å². The topological polar surface area (TPSA) is 0 Å². The summed E-state index contributed by atoms with van der Waals surface area (Å²) in [5.74, 6) is 1.06. The van der Waals surface area contributed by atoms with Crippen molar-refractivity contribution < 1.29 is 0 Å². The molecule has 0 heterocycles. The van der Waals surface area contributed by atoms with E-state index < -0.39 is 0 Å². The molecule has 9 heavy (non-hydrogen) atoms. The van der Waals surface area contributed by atoms with E-state index in [1.54, 1.807) is 19.3 Å². The molecule has 0 amide bonds. The fourth-order valence-corrected chi connectivity index (χ4v) is 2.69. The summed E-state index contributed by atoms with van der Waals surface area (Å²) >= 11 is 0. The zero-order chi connectivity index (χ0) is 6.32. The minimum Gasteiger partial charge on any atom is -0.0620 e. The van der Waals surface area contributed by atoms with E-state index in [4.69, 9.17) is 0 Å². The molecule has 52 valence electrons. The highest BCUT2D eigenvalue weighted by molar-refractivity contribution is 4.95. The molecule has 0 nitrogen and oxygen atoms in total. The molecule has 2 rings (SSSR count). The van der Waals surface area contributed by atoms with Gasteiger partial charge in [-0.1, -0.05) is 26.2 Å². The lowest BCUT2D eigenvalue weighted by molar-refractivity contribution is 0.0886. The van der Waals surface area contributed by atoms with E-state index in [2.05, 4.69) is 6.92 Å². The lowest BCUT2D eigenvalue weighted by atomic mass is 9.63. The zero-order valence-electron chi connectivity index (χ0n) is 6.32. The van der Waals surface area contributed by atoms with Crippen molar-refractivity contribution in [3.8, 4) is 0 Å². The normalized spacial score (nSPS) is 39.0. The maximum absolute atomic E-state index is 2.45. The van der Waals surface area contributed by atoms with Crippen molar-refractivity contribution in [1.82, 2.24) is 0 Å². The van der Waals surface area contributed by atoms with Crippen molar-refractivity contribution in [3.63, 3.8) is 0 Å². The van der Waals surface area contributed by atoms with Crippen LogP contribution in [0.5, 0.6) is 0 Å². The lowest BCUT2D eigenvalue weighted by Gasteiger charge is -2.42. The van der Waals surface area contributed by atoms with Crippen molar-refractivity contribution in [3.05, 3.63) is 0 Å².